The lowest BCUT2D eigenvalue weighted by molar-refractivity contribution is 0.142. The predicted octanol–water partition coefficient (Wildman–Crippen LogP) is 2.33. The number of ether oxygens (including phenoxy) is 1. The highest BCUT2D eigenvalue weighted by Gasteiger charge is 2.23. The normalized spacial score (nSPS) is 39.6. The number of hydrogen-bond donors (Lipinski definition) is 1. The fraction of sp³-hybridized carbons (Fsp3) is 1.00. The van der Waals surface area contributed by atoms with Gasteiger partial charge in [0.25, 0.3) is 0 Å². The maximum absolute atomic E-state index is 5.47. The summed E-state index contributed by atoms with van der Waals surface area (Å²) in [6, 6.07) is 1.53. The van der Waals surface area contributed by atoms with E-state index in [1.807, 2.05) is 0 Å². The number of nitrogens with one attached hydrogen (secondary N) is 1. The van der Waals surface area contributed by atoms with Crippen LogP contribution in [0.25, 0.3) is 0 Å². The lowest BCUT2D eigenvalue weighted by Crippen LogP contribution is -2.37. The predicted molar refractivity (Wildman–Crippen MR) is 58.4 cm³/mol. The van der Waals surface area contributed by atoms with Gasteiger partial charge in [-0.05, 0) is 44.4 Å². The Labute approximate surface area is 87.4 Å². The highest BCUT2D eigenvalue weighted by molar-refractivity contribution is 4.82. The van der Waals surface area contributed by atoms with Gasteiger partial charge < -0.3 is 10.1 Å². The van der Waals surface area contributed by atoms with Crippen molar-refractivity contribution in [2.75, 3.05) is 13.2 Å². The van der Waals surface area contributed by atoms with Gasteiger partial charge in [0, 0.05) is 25.3 Å². The van der Waals surface area contributed by atoms with E-state index < -0.39 is 0 Å². The first-order valence-corrected chi connectivity index (χ1v) is 6.18. The van der Waals surface area contributed by atoms with Crippen LogP contribution in [0, 0.1) is 5.92 Å². The van der Waals surface area contributed by atoms with Crippen LogP contribution in [0.1, 0.15) is 45.4 Å². The molecule has 1 aliphatic carbocycles. The molecule has 1 heterocycles. The molecule has 2 nitrogen and oxygen atoms in total. The van der Waals surface area contributed by atoms with E-state index in [1.54, 1.807) is 0 Å². The van der Waals surface area contributed by atoms with E-state index in [1.165, 1.54) is 38.5 Å². The average molecular weight is 197 g/mol. The molecule has 0 spiro atoms. The van der Waals surface area contributed by atoms with E-state index >= 15 is 0 Å². The van der Waals surface area contributed by atoms with Crippen molar-refractivity contribution in [3.8, 4) is 0 Å². The minimum absolute atomic E-state index is 0.729. The van der Waals surface area contributed by atoms with Crippen LogP contribution in [0.5, 0.6) is 0 Å². The van der Waals surface area contributed by atoms with Crippen LogP contribution >= 0.6 is 0 Å². The minimum Gasteiger partial charge on any atom is -0.381 e. The zero-order valence-corrected chi connectivity index (χ0v) is 9.30. The van der Waals surface area contributed by atoms with Crippen molar-refractivity contribution in [1.82, 2.24) is 5.32 Å². The number of rotatable bonds is 2. The Kier molecular flexibility index (Phi) is 3.82. The Morgan fingerprint density at radius 1 is 1.00 bits per heavy atom. The molecule has 0 aromatic rings. The van der Waals surface area contributed by atoms with Gasteiger partial charge in [-0.3, -0.25) is 0 Å². The Hall–Kier alpha value is -0.0800. The van der Waals surface area contributed by atoms with Crippen LogP contribution in [0.2, 0.25) is 0 Å². The molecule has 0 aromatic heterocycles. The zero-order valence-electron chi connectivity index (χ0n) is 9.30. The summed E-state index contributed by atoms with van der Waals surface area (Å²) >= 11 is 0. The van der Waals surface area contributed by atoms with Crippen molar-refractivity contribution in [1.29, 1.82) is 0 Å². The summed E-state index contributed by atoms with van der Waals surface area (Å²) in [6.45, 7) is 4.30. The molecule has 0 aromatic carbocycles. The van der Waals surface area contributed by atoms with E-state index in [0.29, 0.717) is 0 Å². The van der Waals surface area contributed by atoms with Crippen LogP contribution in [0.3, 0.4) is 0 Å². The van der Waals surface area contributed by atoms with Crippen LogP contribution in [-0.2, 0) is 4.74 Å². The molecule has 0 amide bonds. The van der Waals surface area contributed by atoms with Gasteiger partial charge in [0.1, 0.15) is 0 Å². The molecule has 2 fully saturated rings. The molecule has 0 bridgehead atoms. The molecule has 1 saturated carbocycles. The highest BCUT2D eigenvalue weighted by atomic mass is 16.5. The van der Waals surface area contributed by atoms with Crippen molar-refractivity contribution < 1.29 is 4.74 Å². The van der Waals surface area contributed by atoms with E-state index in [2.05, 4.69) is 12.2 Å². The van der Waals surface area contributed by atoms with Gasteiger partial charge in [0.2, 0.25) is 0 Å². The molecule has 82 valence electrons. The SMILES string of the molecule is CC1CCC(NC2CCCOCC2)C1. The highest BCUT2D eigenvalue weighted by Crippen LogP contribution is 2.25. The fourth-order valence-corrected chi connectivity index (χ4v) is 2.76. The monoisotopic (exact) mass is 197 g/mol. The first-order chi connectivity index (χ1) is 6.84. The summed E-state index contributed by atoms with van der Waals surface area (Å²) in [5.41, 5.74) is 0. The van der Waals surface area contributed by atoms with Crippen LogP contribution in [0.15, 0.2) is 0 Å². The third-order valence-electron chi connectivity index (χ3n) is 3.62. The smallest absolute Gasteiger partial charge is 0.0480 e. The van der Waals surface area contributed by atoms with E-state index in [-0.39, 0.29) is 0 Å². The van der Waals surface area contributed by atoms with E-state index in [0.717, 1.165) is 31.2 Å². The summed E-state index contributed by atoms with van der Waals surface area (Å²) < 4.78 is 5.47. The van der Waals surface area contributed by atoms with Gasteiger partial charge in [-0.25, -0.2) is 0 Å². The Morgan fingerprint density at radius 2 is 1.93 bits per heavy atom. The summed E-state index contributed by atoms with van der Waals surface area (Å²) in [6.07, 6.45) is 7.95. The molecule has 1 N–H and O–H groups in total. The van der Waals surface area contributed by atoms with Gasteiger partial charge in [0.05, 0.1) is 0 Å². The van der Waals surface area contributed by atoms with Gasteiger partial charge >= 0.3 is 0 Å². The van der Waals surface area contributed by atoms with Gasteiger partial charge in [-0.2, -0.15) is 0 Å². The minimum atomic E-state index is 0.729. The fourth-order valence-electron chi connectivity index (χ4n) is 2.76. The summed E-state index contributed by atoms with van der Waals surface area (Å²) in [4.78, 5) is 0. The average Bonchev–Trinajstić information content (AvgIpc) is 2.43. The van der Waals surface area contributed by atoms with Crippen molar-refractivity contribution in [3.05, 3.63) is 0 Å². The maximum atomic E-state index is 5.47. The topological polar surface area (TPSA) is 21.3 Å². The first kappa shape index (κ1) is 10.4. The molecule has 3 unspecified atom stereocenters. The molecule has 1 saturated heterocycles. The second-order valence-corrected chi connectivity index (χ2v) is 5.02. The first-order valence-electron chi connectivity index (χ1n) is 6.18. The molecule has 2 rings (SSSR count). The van der Waals surface area contributed by atoms with Crippen LogP contribution in [-0.4, -0.2) is 25.3 Å². The third kappa shape index (κ3) is 2.96. The summed E-state index contributed by atoms with van der Waals surface area (Å²) in [7, 11) is 0. The Balaban J connectivity index is 1.72. The molecule has 14 heavy (non-hydrogen) atoms. The summed E-state index contributed by atoms with van der Waals surface area (Å²) in [5.74, 6) is 0.939. The van der Waals surface area contributed by atoms with Crippen molar-refractivity contribution in [2.45, 2.75) is 57.5 Å². The third-order valence-corrected chi connectivity index (χ3v) is 3.62. The van der Waals surface area contributed by atoms with Crippen molar-refractivity contribution in [2.24, 2.45) is 5.92 Å². The molecule has 1 aliphatic heterocycles. The van der Waals surface area contributed by atoms with Crippen LogP contribution in [0.4, 0.5) is 0 Å². The van der Waals surface area contributed by atoms with E-state index in [4.69, 9.17) is 4.74 Å². The largest absolute Gasteiger partial charge is 0.381 e. The molecule has 3 atom stereocenters. The summed E-state index contributed by atoms with van der Waals surface area (Å²) in [5, 5.41) is 3.81. The lowest BCUT2D eigenvalue weighted by atomic mass is 10.1. The molecular weight excluding hydrogens is 174 g/mol. The standard InChI is InChI=1S/C12H23NO/c1-10-4-5-12(9-10)13-11-3-2-7-14-8-6-11/h10-13H,2-9H2,1H3. The number of hydrogen-bond acceptors (Lipinski definition) is 2. The van der Waals surface area contributed by atoms with Crippen molar-refractivity contribution >= 4 is 0 Å². The van der Waals surface area contributed by atoms with Crippen LogP contribution < -0.4 is 5.32 Å². The maximum Gasteiger partial charge on any atom is 0.0480 e. The Morgan fingerprint density at radius 3 is 2.71 bits per heavy atom. The molecular formula is C12H23NO. The molecule has 2 heteroatoms. The molecule has 0 radical (unpaired) electrons. The van der Waals surface area contributed by atoms with E-state index in [9.17, 15) is 0 Å². The molecule has 2 aliphatic rings. The second-order valence-electron chi connectivity index (χ2n) is 5.02. The van der Waals surface area contributed by atoms with Gasteiger partial charge in [-0.1, -0.05) is 6.92 Å². The van der Waals surface area contributed by atoms with Gasteiger partial charge in [0.15, 0.2) is 0 Å². The second kappa shape index (κ2) is 5.13. The lowest BCUT2D eigenvalue weighted by Gasteiger charge is -2.21. The zero-order chi connectivity index (χ0) is 9.80. The Bertz CT molecular complexity index is 164. The van der Waals surface area contributed by atoms with Gasteiger partial charge in [-0.15, -0.1) is 0 Å². The van der Waals surface area contributed by atoms with Crippen molar-refractivity contribution in [3.63, 3.8) is 0 Å². The quantitative estimate of drug-likeness (QED) is 0.733.